The summed E-state index contributed by atoms with van der Waals surface area (Å²) < 4.78 is 4.69. The summed E-state index contributed by atoms with van der Waals surface area (Å²) in [4.78, 5) is 50.9. The van der Waals surface area contributed by atoms with E-state index in [-0.39, 0.29) is 42.8 Å². The maximum Gasteiger partial charge on any atom is 0.409 e. The molecule has 8 heteroatoms. The summed E-state index contributed by atoms with van der Waals surface area (Å²) >= 11 is 0. The van der Waals surface area contributed by atoms with Crippen molar-refractivity contribution in [1.82, 2.24) is 15.1 Å². The Bertz CT molecular complexity index is 720. The Balaban J connectivity index is 1.40. The van der Waals surface area contributed by atoms with Gasteiger partial charge in [0.05, 0.1) is 18.2 Å². The number of nitrogens with zero attached hydrogens (tertiary/aromatic N) is 2. The van der Waals surface area contributed by atoms with E-state index in [1.807, 2.05) is 0 Å². The second-order valence-electron chi connectivity index (χ2n) is 6.71. The number of hydrogen-bond donors (Lipinski definition) is 1. The van der Waals surface area contributed by atoms with Crippen LogP contribution in [-0.4, -0.2) is 66.4 Å². The van der Waals surface area contributed by atoms with Gasteiger partial charge in [-0.3, -0.25) is 19.3 Å². The van der Waals surface area contributed by atoms with Gasteiger partial charge in [0.15, 0.2) is 0 Å². The third-order valence-corrected chi connectivity index (χ3v) is 4.96. The van der Waals surface area contributed by atoms with Gasteiger partial charge in [-0.1, -0.05) is 12.1 Å². The van der Waals surface area contributed by atoms with Crippen LogP contribution < -0.4 is 5.32 Å². The van der Waals surface area contributed by atoms with Crippen LogP contribution in [0.1, 0.15) is 46.4 Å². The number of piperidine rings is 1. The molecule has 0 bridgehead atoms. The fourth-order valence-corrected chi connectivity index (χ4v) is 3.48. The number of rotatable bonds is 5. The van der Waals surface area contributed by atoms with Gasteiger partial charge in [-0.25, -0.2) is 4.79 Å². The number of carbonyl (C=O) groups excluding carboxylic acids is 4. The van der Waals surface area contributed by atoms with Gasteiger partial charge in [-0.05, 0) is 31.4 Å². The van der Waals surface area contributed by atoms with Crippen molar-refractivity contribution >= 4 is 23.8 Å². The lowest BCUT2D eigenvalue weighted by molar-refractivity contribution is -0.122. The first-order chi connectivity index (χ1) is 13.0. The molecule has 1 aromatic carbocycles. The Labute approximate surface area is 157 Å². The minimum atomic E-state index is -0.347. The molecule has 0 aliphatic carbocycles. The number of methoxy groups -OCH3 is 1. The molecule has 3 rings (SSSR count). The predicted molar refractivity (Wildman–Crippen MR) is 96.2 cm³/mol. The fraction of sp³-hybridized carbons (Fsp3) is 0.474. The first-order valence-electron chi connectivity index (χ1n) is 9.08. The molecule has 27 heavy (non-hydrogen) atoms. The largest absolute Gasteiger partial charge is 0.453 e. The van der Waals surface area contributed by atoms with Crippen LogP contribution in [0.4, 0.5) is 4.79 Å². The lowest BCUT2D eigenvalue weighted by Crippen LogP contribution is -2.46. The van der Waals surface area contributed by atoms with Crippen molar-refractivity contribution in [2.75, 3.05) is 26.7 Å². The molecule has 2 aliphatic heterocycles. The first kappa shape index (κ1) is 18.9. The standard InChI is InChI=1S/C19H23N3O5/c1-27-19(26)21-11-8-13(9-12-21)20-16(23)7-4-10-22-17(24)14-5-2-3-6-15(14)18(22)25/h2-3,5-6,13H,4,7-12H2,1H3,(H,20,23). The Morgan fingerprint density at radius 3 is 2.26 bits per heavy atom. The highest BCUT2D eigenvalue weighted by molar-refractivity contribution is 6.21. The number of carbonyl (C=O) groups is 4. The number of benzene rings is 1. The number of fused-ring (bicyclic) bond motifs is 1. The second kappa shape index (κ2) is 8.20. The molecule has 1 saturated heterocycles. The number of likely N-dealkylation sites (tertiary alicyclic amines) is 1. The molecule has 1 aromatic rings. The summed E-state index contributed by atoms with van der Waals surface area (Å²) in [5.41, 5.74) is 0.841. The molecule has 0 radical (unpaired) electrons. The van der Waals surface area contributed by atoms with E-state index in [1.165, 1.54) is 12.0 Å². The SMILES string of the molecule is COC(=O)N1CCC(NC(=O)CCCN2C(=O)c3ccccc3C2=O)CC1. The smallest absolute Gasteiger partial charge is 0.409 e. The van der Waals surface area contributed by atoms with Crippen molar-refractivity contribution in [2.24, 2.45) is 0 Å². The van der Waals surface area contributed by atoms with Crippen LogP contribution in [0.3, 0.4) is 0 Å². The third-order valence-electron chi connectivity index (χ3n) is 4.96. The van der Waals surface area contributed by atoms with Gasteiger partial charge in [0, 0.05) is 32.1 Å². The molecule has 4 amide bonds. The maximum absolute atomic E-state index is 12.3. The quantitative estimate of drug-likeness (QED) is 0.788. The van der Waals surface area contributed by atoms with Crippen LogP contribution in [0.15, 0.2) is 24.3 Å². The average molecular weight is 373 g/mol. The van der Waals surface area contributed by atoms with Crippen LogP contribution in [0.5, 0.6) is 0 Å². The number of amides is 4. The Morgan fingerprint density at radius 1 is 1.11 bits per heavy atom. The van der Waals surface area contributed by atoms with Crippen LogP contribution in [0.2, 0.25) is 0 Å². The van der Waals surface area contributed by atoms with E-state index in [1.54, 1.807) is 29.2 Å². The van der Waals surface area contributed by atoms with Gasteiger partial charge in [-0.2, -0.15) is 0 Å². The molecule has 0 aromatic heterocycles. The van der Waals surface area contributed by atoms with Gasteiger partial charge in [0.2, 0.25) is 5.91 Å². The van der Waals surface area contributed by atoms with Crippen LogP contribution in [0.25, 0.3) is 0 Å². The van der Waals surface area contributed by atoms with E-state index < -0.39 is 0 Å². The lowest BCUT2D eigenvalue weighted by atomic mass is 10.1. The summed E-state index contributed by atoms with van der Waals surface area (Å²) in [7, 11) is 1.35. The summed E-state index contributed by atoms with van der Waals surface area (Å²) in [5.74, 6) is -0.708. The van der Waals surface area contributed by atoms with Gasteiger partial charge in [0.25, 0.3) is 11.8 Å². The Morgan fingerprint density at radius 2 is 1.70 bits per heavy atom. The maximum atomic E-state index is 12.3. The molecular weight excluding hydrogens is 350 g/mol. The molecule has 1 fully saturated rings. The van der Waals surface area contributed by atoms with Gasteiger partial charge < -0.3 is 15.0 Å². The monoisotopic (exact) mass is 373 g/mol. The lowest BCUT2D eigenvalue weighted by Gasteiger charge is -2.31. The normalized spacial score (nSPS) is 17.1. The molecule has 0 atom stereocenters. The van der Waals surface area contributed by atoms with Gasteiger partial charge in [0.1, 0.15) is 0 Å². The molecule has 0 saturated carbocycles. The van der Waals surface area contributed by atoms with Gasteiger partial charge in [-0.15, -0.1) is 0 Å². The molecular formula is C19H23N3O5. The molecule has 8 nitrogen and oxygen atoms in total. The van der Waals surface area contributed by atoms with E-state index in [2.05, 4.69) is 10.1 Å². The zero-order valence-electron chi connectivity index (χ0n) is 15.3. The fourth-order valence-electron chi connectivity index (χ4n) is 3.48. The highest BCUT2D eigenvalue weighted by Gasteiger charge is 2.34. The van der Waals surface area contributed by atoms with Gasteiger partial charge >= 0.3 is 6.09 Å². The van der Waals surface area contributed by atoms with Crippen LogP contribution in [-0.2, 0) is 9.53 Å². The Hall–Kier alpha value is -2.90. The number of imide groups is 1. The highest BCUT2D eigenvalue weighted by atomic mass is 16.5. The third kappa shape index (κ3) is 4.10. The molecule has 0 spiro atoms. The van der Waals surface area contributed by atoms with E-state index in [9.17, 15) is 19.2 Å². The topological polar surface area (TPSA) is 96.0 Å². The molecule has 1 N–H and O–H groups in total. The average Bonchev–Trinajstić information content (AvgIpc) is 2.93. The predicted octanol–water partition coefficient (Wildman–Crippen LogP) is 1.41. The van der Waals surface area contributed by atoms with Crippen molar-refractivity contribution in [3.8, 4) is 0 Å². The number of ether oxygens (including phenoxy) is 1. The van der Waals surface area contributed by atoms with E-state index in [0.29, 0.717) is 43.5 Å². The summed E-state index contributed by atoms with van der Waals surface area (Å²) in [6.45, 7) is 1.32. The van der Waals surface area contributed by atoms with Crippen molar-refractivity contribution in [3.63, 3.8) is 0 Å². The zero-order chi connectivity index (χ0) is 19.4. The van der Waals surface area contributed by atoms with E-state index in [0.717, 1.165) is 0 Å². The van der Waals surface area contributed by atoms with Crippen molar-refractivity contribution in [1.29, 1.82) is 0 Å². The molecule has 0 unspecified atom stereocenters. The summed E-state index contributed by atoms with van der Waals surface area (Å²) in [6.07, 6.45) is 1.67. The molecule has 2 heterocycles. The van der Waals surface area contributed by atoms with Crippen LogP contribution >= 0.6 is 0 Å². The van der Waals surface area contributed by atoms with Crippen LogP contribution in [0, 0.1) is 0 Å². The number of nitrogens with one attached hydrogen (secondary N) is 1. The Kier molecular flexibility index (Phi) is 5.73. The summed E-state index contributed by atoms with van der Waals surface area (Å²) in [5, 5.41) is 2.96. The van der Waals surface area contributed by atoms with Crippen molar-refractivity contribution in [3.05, 3.63) is 35.4 Å². The minimum absolute atomic E-state index is 0.0257. The highest BCUT2D eigenvalue weighted by Crippen LogP contribution is 2.22. The zero-order valence-corrected chi connectivity index (χ0v) is 15.3. The number of hydrogen-bond acceptors (Lipinski definition) is 5. The van der Waals surface area contributed by atoms with Crippen molar-refractivity contribution < 1.29 is 23.9 Å². The van der Waals surface area contributed by atoms with E-state index >= 15 is 0 Å². The second-order valence-corrected chi connectivity index (χ2v) is 6.71. The van der Waals surface area contributed by atoms with E-state index in [4.69, 9.17) is 0 Å². The molecule has 2 aliphatic rings. The van der Waals surface area contributed by atoms with Crippen molar-refractivity contribution in [2.45, 2.75) is 31.7 Å². The molecule has 144 valence electrons. The summed E-state index contributed by atoms with van der Waals surface area (Å²) in [6, 6.07) is 6.77. The first-order valence-corrected chi connectivity index (χ1v) is 9.08. The minimum Gasteiger partial charge on any atom is -0.453 e.